The van der Waals surface area contributed by atoms with E-state index in [1.807, 2.05) is 0 Å². The average Bonchev–Trinajstić information content (AvgIpc) is 2.13. The van der Waals surface area contributed by atoms with Gasteiger partial charge in [-0.2, -0.15) is 0 Å². The van der Waals surface area contributed by atoms with Gasteiger partial charge in [-0.3, -0.25) is 0 Å². The van der Waals surface area contributed by atoms with Gasteiger partial charge in [-0.25, -0.2) is 9.97 Å². The van der Waals surface area contributed by atoms with Crippen molar-refractivity contribution in [1.82, 2.24) is 9.97 Å². The van der Waals surface area contributed by atoms with E-state index in [0.29, 0.717) is 11.2 Å². The largest absolute Gasteiger partial charge is 0.225 e. The Kier molecular flexibility index (Phi) is 4.13. The first kappa shape index (κ1) is 10.9. The molecule has 0 aliphatic heterocycles. The fourth-order valence-corrected chi connectivity index (χ4v) is 1.97. The van der Waals surface area contributed by atoms with Crippen LogP contribution in [0.25, 0.3) is 0 Å². The minimum Gasteiger partial charge on any atom is -0.225 e. The quantitative estimate of drug-likeness (QED) is 0.775. The smallest absolute Gasteiger partial charge is 0.222 e. The van der Waals surface area contributed by atoms with E-state index in [4.69, 9.17) is 11.6 Å². The van der Waals surface area contributed by atoms with E-state index >= 15 is 0 Å². The summed E-state index contributed by atoms with van der Waals surface area (Å²) in [6.45, 7) is 4.30. The molecule has 72 valence electrons. The topological polar surface area (TPSA) is 25.8 Å². The van der Waals surface area contributed by atoms with Gasteiger partial charge in [-0.1, -0.05) is 13.8 Å². The highest BCUT2D eigenvalue weighted by Gasteiger charge is 2.13. The zero-order valence-electron chi connectivity index (χ0n) is 7.72. The molecule has 0 radical (unpaired) electrons. The Bertz CT molecular complexity index is 287. The molecule has 1 aromatic rings. The van der Waals surface area contributed by atoms with Crippen LogP contribution in [0.1, 0.15) is 38.3 Å². The van der Waals surface area contributed by atoms with Crippen LogP contribution in [0.4, 0.5) is 0 Å². The SMILES string of the molecule is CCC(CC)c1nc(Cl)ncc1Br. The molecule has 0 unspecified atom stereocenters. The second-order valence-electron chi connectivity index (χ2n) is 2.89. The van der Waals surface area contributed by atoms with Crippen LogP contribution in [0.15, 0.2) is 10.7 Å². The number of aromatic nitrogens is 2. The lowest BCUT2D eigenvalue weighted by molar-refractivity contribution is 0.618. The van der Waals surface area contributed by atoms with E-state index < -0.39 is 0 Å². The molecule has 4 heteroatoms. The fourth-order valence-electron chi connectivity index (χ4n) is 1.32. The van der Waals surface area contributed by atoms with Crippen molar-refractivity contribution in [2.45, 2.75) is 32.6 Å². The molecule has 1 heterocycles. The lowest BCUT2D eigenvalue weighted by Crippen LogP contribution is -2.01. The Labute approximate surface area is 91.9 Å². The Morgan fingerprint density at radius 2 is 2.08 bits per heavy atom. The van der Waals surface area contributed by atoms with Crippen LogP contribution in [0.2, 0.25) is 5.28 Å². The summed E-state index contributed by atoms with van der Waals surface area (Å²) in [5.41, 5.74) is 1.02. The van der Waals surface area contributed by atoms with Crippen LogP contribution >= 0.6 is 27.5 Å². The summed E-state index contributed by atoms with van der Waals surface area (Å²) in [4.78, 5) is 8.12. The maximum atomic E-state index is 5.73. The molecule has 0 aromatic carbocycles. The van der Waals surface area contributed by atoms with E-state index in [-0.39, 0.29) is 0 Å². The van der Waals surface area contributed by atoms with Gasteiger partial charge in [0.25, 0.3) is 0 Å². The van der Waals surface area contributed by atoms with Crippen LogP contribution in [-0.2, 0) is 0 Å². The van der Waals surface area contributed by atoms with Crippen LogP contribution in [0.5, 0.6) is 0 Å². The molecule has 0 aliphatic carbocycles. The molecule has 13 heavy (non-hydrogen) atoms. The van der Waals surface area contributed by atoms with Crippen LogP contribution < -0.4 is 0 Å². The zero-order chi connectivity index (χ0) is 9.84. The van der Waals surface area contributed by atoms with Crippen molar-refractivity contribution >= 4 is 27.5 Å². The number of nitrogens with zero attached hydrogens (tertiary/aromatic N) is 2. The molecular formula is C9H12BrClN2. The van der Waals surface area contributed by atoms with Gasteiger partial charge in [0.1, 0.15) is 0 Å². The lowest BCUT2D eigenvalue weighted by atomic mass is 9.99. The first-order valence-electron chi connectivity index (χ1n) is 4.37. The minimum atomic E-state index is 0.324. The normalized spacial score (nSPS) is 10.8. The average molecular weight is 264 g/mol. The maximum Gasteiger partial charge on any atom is 0.222 e. The molecule has 2 nitrogen and oxygen atoms in total. The Morgan fingerprint density at radius 1 is 1.46 bits per heavy atom. The molecule has 1 aromatic heterocycles. The molecule has 0 amide bonds. The van der Waals surface area contributed by atoms with Gasteiger partial charge in [0.15, 0.2) is 0 Å². The Hall–Kier alpha value is -0.150. The standard InChI is InChI=1S/C9H12BrClN2/c1-3-6(4-2)8-7(10)5-12-9(11)13-8/h5-6H,3-4H2,1-2H3. The number of halogens is 2. The lowest BCUT2D eigenvalue weighted by Gasteiger charge is -2.12. The van der Waals surface area contributed by atoms with Crippen molar-refractivity contribution < 1.29 is 0 Å². The fraction of sp³-hybridized carbons (Fsp3) is 0.556. The van der Waals surface area contributed by atoms with Gasteiger partial charge in [0.2, 0.25) is 5.28 Å². The first-order chi connectivity index (χ1) is 6.19. The van der Waals surface area contributed by atoms with Crippen molar-refractivity contribution in [2.24, 2.45) is 0 Å². The summed E-state index contributed by atoms with van der Waals surface area (Å²) >= 11 is 9.16. The van der Waals surface area contributed by atoms with Gasteiger partial charge >= 0.3 is 0 Å². The molecule has 0 atom stereocenters. The van der Waals surface area contributed by atoms with Crippen LogP contribution in [0.3, 0.4) is 0 Å². The van der Waals surface area contributed by atoms with Crippen molar-refractivity contribution in [1.29, 1.82) is 0 Å². The molecule has 0 spiro atoms. The number of hydrogen-bond donors (Lipinski definition) is 0. The summed E-state index contributed by atoms with van der Waals surface area (Å²) in [5.74, 6) is 0.467. The molecule has 0 saturated carbocycles. The predicted octanol–water partition coefficient (Wildman–Crippen LogP) is 3.80. The predicted molar refractivity (Wildman–Crippen MR) is 58.1 cm³/mol. The highest BCUT2D eigenvalue weighted by atomic mass is 79.9. The van der Waals surface area contributed by atoms with Gasteiger partial charge in [0, 0.05) is 12.1 Å². The van der Waals surface area contributed by atoms with Crippen molar-refractivity contribution in [2.75, 3.05) is 0 Å². The third kappa shape index (κ3) is 2.64. The second kappa shape index (κ2) is 4.91. The summed E-state index contributed by atoms with van der Waals surface area (Å²) < 4.78 is 0.950. The third-order valence-electron chi connectivity index (χ3n) is 2.11. The summed E-state index contributed by atoms with van der Waals surface area (Å²) in [5, 5.41) is 0.324. The molecule has 0 aliphatic rings. The Balaban J connectivity index is 3.03. The van der Waals surface area contributed by atoms with Gasteiger partial charge in [-0.15, -0.1) is 0 Å². The molecule has 0 N–H and O–H groups in total. The van der Waals surface area contributed by atoms with E-state index in [1.54, 1.807) is 6.20 Å². The van der Waals surface area contributed by atoms with Crippen molar-refractivity contribution in [3.8, 4) is 0 Å². The van der Waals surface area contributed by atoms with Crippen LogP contribution in [-0.4, -0.2) is 9.97 Å². The maximum absolute atomic E-state index is 5.73. The molecule has 0 fully saturated rings. The second-order valence-corrected chi connectivity index (χ2v) is 4.08. The van der Waals surface area contributed by atoms with E-state index in [0.717, 1.165) is 23.0 Å². The van der Waals surface area contributed by atoms with E-state index in [9.17, 15) is 0 Å². The highest BCUT2D eigenvalue weighted by molar-refractivity contribution is 9.10. The summed E-state index contributed by atoms with van der Waals surface area (Å²) in [6, 6.07) is 0. The summed E-state index contributed by atoms with van der Waals surface area (Å²) in [7, 11) is 0. The summed E-state index contributed by atoms with van der Waals surface area (Å²) in [6.07, 6.45) is 3.86. The minimum absolute atomic E-state index is 0.324. The van der Waals surface area contributed by atoms with E-state index in [2.05, 4.69) is 39.7 Å². The van der Waals surface area contributed by atoms with E-state index in [1.165, 1.54) is 0 Å². The molecule has 0 bridgehead atoms. The van der Waals surface area contributed by atoms with Gasteiger partial charge < -0.3 is 0 Å². The van der Waals surface area contributed by atoms with Crippen LogP contribution in [0, 0.1) is 0 Å². The molecule has 0 saturated heterocycles. The number of rotatable bonds is 3. The molecule has 1 rings (SSSR count). The third-order valence-corrected chi connectivity index (χ3v) is 2.91. The van der Waals surface area contributed by atoms with Gasteiger partial charge in [-0.05, 0) is 40.4 Å². The number of hydrogen-bond acceptors (Lipinski definition) is 2. The zero-order valence-corrected chi connectivity index (χ0v) is 10.1. The van der Waals surface area contributed by atoms with Crippen molar-refractivity contribution in [3.63, 3.8) is 0 Å². The van der Waals surface area contributed by atoms with Crippen molar-refractivity contribution in [3.05, 3.63) is 21.6 Å². The first-order valence-corrected chi connectivity index (χ1v) is 5.54. The highest BCUT2D eigenvalue weighted by Crippen LogP contribution is 2.28. The Morgan fingerprint density at radius 3 is 2.62 bits per heavy atom. The van der Waals surface area contributed by atoms with Gasteiger partial charge in [0.05, 0.1) is 10.2 Å². The monoisotopic (exact) mass is 262 g/mol. The molecular weight excluding hydrogens is 251 g/mol.